The molecule has 0 aliphatic heterocycles. The molecule has 0 fully saturated rings. The first-order chi connectivity index (χ1) is 13.0. The van der Waals surface area contributed by atoms with Gasteiger partial charge in [-0.15, -0.1) is 0 Å². The molecule has 2 amide bonds. The number of ether oxygens (including phenoxy) is 3. The van der Waals surface area contributed by atoms with Gasteiger partial charge in [0.05, 0.1) is 0 Å². The first-order valence-corrected chi connectivity index (χ1v) is 10.2. The summed E-state index contributed by atoms with van der Waals surface area (Å²) < 4.78 is 15.9. The quantitative estimate of drug-likeness (QED) is 0.409. The Labute approximate surface area is 170 Å². The summed E-state index contributed by atoms with van der Waals surface area (Å²) in [6, 6.07) is 0. The van der Waals surface area contributed by atoms with Gasteiger partial charge in [0.2, 0.25) is 0 Å². The summed E-state index contributed by atoms with van der Waals surface area (Å²) in [4.78, 5) is 22.9. The second-order valence-corrected chi connectivity index (χ2v) is 8.63. The third-order valence-electron chi connectivity index (χ3n) is 3.22. The molecule has 0 heterocycles. The number of hydrogen-bond acceptors (Lipinski definition) is 6. The lowest BCUT2D eigenvalue weighted by atomic mass is 10.2. The molecule has 0 aromatic carbocycles. The van der Waals surface area contributed by atoms with E-state index in [4.69, 9.17) is 14.2 Å². The Morgan fingerprint density at radius 2 is 1.11 bits per heavy atom. The number of amides is 2. The van der Waals surface area contributed by atoms with Crippen LogP contribution in [0.2, 0.25) is 0 Å². The molecule has 0 atom stereocenters. The van der Waals surface area contributed by atoms with Gasteiger partial charge in [-0.2, -0.15) is 0 Å². The largest absolute Gasteiger partial charge is 0.444 e. The maximum absolute atomic E-state index is 11.5. The van der Waals surface area contributed by atoms with Gasteiger partial charge in [0.1, 0.15) is 11.2 Å². The summed E-state index contributed by atoms with van der Waals surface area (Å²) >= 11 is 0. The van der Waals surface area contributed by atoms with Crippen LogP contribution in [0.5, 0.6) is 0 Å². The first kappa shape index (κ1) is 26.5. The number of carbonyl (C=O) groups is 2. The van der Waals surface area contributed by atoms with Crippen LogP contribution in [0.3, 0.4) is 0 Å². The molecular weight excluding hydrogens is 362 g/mol. The minimum absolute atomic E-state index is 0.369. The molecule has 0 saturated heterocycles. The average Bonchev–Trinajstić information content (AvgIpc) is 2.51. The van der Waals surface area contributed by atoms with Crippen molar-refractivity contribution in [2.45, 2.75) is 78.4 Å². The minimum Gasteiger partial charge on any atom is -0.444 e. The number of nitrogens with one attached hydrogen (secondary N) is 3. The molecule has 8 heteroatoms. The summed E-state index contributed by atoms with van der Waals surface area (Å²) in [5.41, 5.74) is -0.928. The van der Waals surface area contributed by atoms with Crippen molar-refractivity contribution >= 4 is 12.2 Å². The number of alkyl carbamates (subject to hydrolysis) is 2. The van der Waals surface area contributed by atoms with Gasteiger partial charge >= 0.3 is 12.2 Å². The highest BCUT2D eigenvalue weighted by Gasteiger charge is 2.16. The van der Waals surface area contributed by atoms with E-state index < -0.39 is 11.2 Å². The van der Waals surface area contributed by atoms with E-state index in [0.29, 0.717) is 26.3 Å². The van der Waals surface area contributed by atoms with Gasteiger partial charge in [0, 0.05) is 26.3 Å². The molecule has 166 valence electrons. The number of unbranched alkanes of at least 4 members (excludes halogenated alkanes) is 1. The molecule has 0 aromatic heterocycles. The topological polar surface area (TPSA) is 97.9 Å². The van der Waals surface area contributed by atoms with Gasteiger partial charge in [-0.1, -0.05) is 0 Å². The Hall–Kier alpha value is -1.54. The van der Waals surface area contributed by atoms with Crippen molar-refractivity contribution in [1.29, 1.82) is 0 Å². The van der Waals surface area contributed by atoms with Gasteiger partial charge in [0.15, 0.2) is 0 Å². The van der Waals surface area contributed by atoms with Crippen molar-refractivity contribution < 1.29 is 23.8 Å². The third-order valence-corrected chi connectivity index (χ3v) is 3.22. The molecule has 0 unspecified atom stereocenters. The standard InChI is InChI=1S/C20H41N3O5/c1-19(2,3)27-17(24)22-13-9-12-21-11-7-8-15-26-16-10-14-23-18(25)28-20(4,5)6/h21H,7-16H2,1-6H3,(H,22,24)(H,23,25). The maximum atomic E-state index is 11.5. The molecule has 0 aromatic rings. The van der Waals surface area contributed by atoms with E-state index >= 15 is 0 Å². The molecule has 0 saturated carbocycles. The lowest BCUT2D eigenvalue weighted by Crippen LogP contribution is -2.34. The minimum atomic E-state index is -0.469. The normalized spacial score (nSPS) is 11.8. The summed E-state index contributed by atoms with van der Waals surface area (Å²) in [6.45, 7) is 15.3. The Balaban J connectivity index is 3.28. The van der Waals surface area contributed by atoms with Crippen LogP contribution in [0.25, 0.3) is 0 Å². The van der Waals surface area contributed by atoms with Gasteiger partial charge < -0.3 is 30.2 Å². The average molecular weight is 404 g/mol. The lowest BCUT2D eigenvalue weighted by Gasteiger charge is -2.19. The number of hydrogen-bond donors (Lipinski definition) is 3. The zero-order chi connectivity index (χ0) is 21.5. The summed E-state index contributed by atoms with van der Waals surface area (Å²) in [5, 5.41) is 8.79. The molecular formula is C20H41N3O5. The van der Waals surface area contributed by atoms with E-state index in [-0.39, 0.29) is 12.2 Å². The molecule has 0 radical (unpaired) electrons. The highest BCUT2D eigenvalue weighted by Crippen LogP contribution is 2.06. The predicted octanol–water partition coefficient (Wildman–Crippen LogP) is 3.20. The Bertz CT molecular complexity index is 391. The summed E-state index contributed by atoms with van der Waals surface area (Å²) in [7, 11) is 0. The molecule has 0 rings (SSSR count). The van der Waals surface area contributed by atoms with Crippen molar-refractivity contribution in [2.24, 2.45) is 0 Å². The highest BCUT2D eigenvalue weighted by atomic mass is 16.6. The van der Waals surface area contributed by atoms with Crippen LogP contribution in [0.1, 0.15) is 67.2 Å². The van der Waals surface area contributed by atoms with Crippen LogP contribution in [0, 0.1) is 0 Å². The van der Waals surface area contributed by atoms with Crippen LogP contribution in [-0.4, -0.2) is 62.8 Å². The zero-order valence-corrected chi connectivity index (χ0v) is 18.6. The van der Waals surface area contributed by atoms with Crippen LogP contribution >= 0.6 is 0 Å². The van der Waals surface area contributed by atoms with Gasteiger partial charge in [-0.3, -0.25) is 0 Å². The van der Waals surface area contributed by atoms with Gasteiger partial charge in [-0.05, 0) is 80.3 Å². The number of carbonyl (C=O) groups excluding carboxylic acids is 2. The molecule has 0 aliphatic rings. The van der Waals surface area contributed by atoms with E-state index in [9.17, 15) is 9.59 Å². The summed E-state index contributed by atoms with van der Waals surface area (Å²) in [6.07, 6.45) is 2.90. The Morgan fingerprint density at radius 1 is 0.643 bits per heavy atom. The second-order valence-electron chi connectivity index (χ2n) is 8.63. The fourth-order valence-corrected chi connectivity index (χ4v) is 2.08. The van der Waals surface area contributed by atoms with Crippen molar-refractivity contribution in [2.75, 3.05) is 39.4 Å². The van der Waals surface area contributed by atoms with Crippen molar-refractivity contribution in [3.63, 3.8) is 0 Å². The van der Waals surface area contributed by atoms with E-state index in [2.05, 4.69) is 16.0 Å². The molecule has 0 bridgehead atoms. The highest BCUT2D eigenvalue weighted by molar-refractivity contribution is 5.67. The first-order valence-electron chi connectivity index (χ1n) is 10.2. The number of rotatable bonds is 13. The second kappa shape index (κ2) is 14.5. The van der Waals surface area contributed by atoms with Crippen LogP contribution in [0.15, 0.2) is 0 Å². The Morgan fingerprint density at radius 3 is 1.64 bits per heavy atom. The SMILES string of the molecule is CC(C)(C)OC(=O)NCCCNCCCCOCCCNC(=O)OC(C)(C)C. The van der Waals surface area contributed by atoms with E-state index in [1.807, 2.05) is 41.5 Å². The van der Waals surface area contributed by atoms with Gasteiger partial charge in [-0.25, -0.2) is 9.59 Å². The smallest absolute Gasteiger partial charge is 0.407 e. The molecule has 3 N–H and O–H groups in total. The third kappa shape index (κ3) is 20.8. The Kier molecular flexibility index (Phi) is 13.7. The van der Waals surface area contributed by atoms with Crippen molar-refractivity contribution in [1.82, 2.24) is 16.0 Å². The van der Waals surface area contributed by atoms with Crippen molar-refractivity contribution in [3.05, 3.63) is 0 Å². The monoisotopic (exact) mass is 403 g/mol. The van der Waals surface area contributed by atoms with E-state index in [1.54, 1.807) is 0 Å². The maximum Gasteiger partial charge on any atom is 0.407 e. The molecule has 28 heavy (non-hydrogen) atoms. The summed E-state index contributed by atoms with van der Waals surface area (Å²) in [5.74, 6) is 0. The molecule has 8 nitrogen and oxygen atoms in total. The molecule has 0 spiro atoms. The van der Waals surface area contributed by atoms with Crippen molar-refractivity contribution in [3.8, 4) is 0 Å². The lowest BCUT2D eigenvalue weighted by molar-refractivity contribution is 0.0510. The van der Waals surface area contributed by atoms with Crippen LogP contribution < -0.4 is 16.0 Å². The van der Waals surface area contributed by atoms with E-state index in [0.717, 1.165) is 38.8 Å². The fraction of sp³-hybridized carbons (Fsp3) is 0.900. The van der Waals surface area contributed by atoms with Crippen LogP contribution in [0.4, 0.5) is 9.59 Å². The fourth-order valence-electron chi connectivity index (χ4n) is 2.08. The molecule has 0 aliphatic carbocycles. The van der Waals surface area contributed by atoms with E-state index in [1.165, 1.54) is 0 Å². The van der Waals surface area contributed by atoms with Gasteiger partial charge in [0.25, 0.3) is 0 Å². The predicted molar refractivity (Wildman–Crippen MR) is 111 cm³/mol. The zero-order valence-electron chi connectivity index (χ0n) is 18.6. The van der Waals surface area contributed by atoms with Crippen LogP contribution in [-0.2, 0) is 14.2 Å².